The Morgan fingerprint density at radius 2 is 2.35 bits per heavy atom. The van der Waals surface area contributed by atoms with Gasteiger partial charge in [0.25, 0.3) is 0 Å². The van der Waals surface area contributed by atoms with Crippen LogP contribution in [0.4, 0.5) is 10.1 Å². The van der Waals surface area contributed by atoms with Gasteiger partial charge in [0.05, 0.1) is 18.4 Å². The first kappa shape index (κ1) is 12.2. The summed E-state index contributed by atoms with van der Waals surface area (Å²) in [6.45, 7) is 1.34. The Bertz CT molecular complexity index is 344. The van der Waals surface area contributed by atoms with Gasteiger partial charge in [-0.05, 0) is 37.8 Å². The van der Waals surface area contributed by atoms with Crippen molar-refractivity contribution in [3.8, 4) is 5.75 Å². The molecule has 0 amide bonds. The summed E-state index contributed by atoms with van der Waals surface area (Å²) in [6.07, 6.45) is 4.46. The number of nitrogens with two attached hydrogens (primary N) is 1. The van der Waals surface area contributed by atoms with E-state index in [0.29, 0.717) is 18.4 Å². The van der Waals surface area contributed by atoms with Crippen LogP contribution in [-0.2, 0) is 4.74 Å². The molecule has 0 aromatic heterocycles. The number of nitrogen functional groups attached to an aromatic ring is 1. The predicted molar refractivity (Wildman–Crippen MR) is 64.5 cm³/mol. The SMILES string of the molecule is Nc1cccc(F)c1OCCCC1CCCO1. The van der Waals surface area contributed by atoms with E-state index in [2.05, 4.69) is 0 Å². The lowest BCUT2D eigenvalue weighted by Crippen LogP contribution is -2.08. The fourth-order valence-electron chi connectivity index (χ4n) is 2.04. The maximum absolute atomic E-state index is 13.3. The lowest BCUT2D eigenvalue weighted by molar-refractivity contribution is 0.0980. The predicted octanol–water partition coefficient (Wildman–Crippen LogP) is 2.75. The van der Waals surface area contributed by atoms with Crippen LogP contribution in [0.25, 0.3) is 0 Å². The summed E-state index contributed by atoms with van der Waals surface area (Å²) < 4.78 is 24.2. The van der Waals surface area contributed by atoms with Crippen LogP contribution in [0.15, 0.2) is 18.2 Å². The molecule has 0 saturated carbocycles. The highest BCUT2D eigenvalue weighted by atomic mass is 19.1. The third-order valence-corrected chi connectivity index (χ3v) is 2.94. The zero-order valence-corrected chi connectivity index (χ0v) is 9.82. The lowest BCUT2D eigenvalue weighted by atomic mass is 10.1. The van der Waals surface area contributed by atoms with E-state index in [4.69, 9.17) is 15.2 Å². The van der Waals surface area contributed by atoms with Crippen molar-refractivity contribution < 1.29 is 13.9 Å². The number of ether oxygens (including phenoxy) is 2. The molecule has 1 aliphatic rings. The second-order valence-corrected chi connectivity index (χ2v) is 4.28. The summed E-state index contributed by atoms with van der Waals surface area (Å²) in [7, 11) is 0. The van der Waals surface area contributed by atoms with E-state index in [1.54, 1.807) is 12.1 Å². The monoisotopic (exact) mass is 239 g/mol. The van der Waals surface area contributed by atoms with Crippen LogP contribution in [0.1, 0.15) is 25.7 Å². The molecule has 1 heterocycles. The molecule has 1 aromatic carbocycles. The zero-order chi connectivity index (χ0) is 12.1. The molecule has 3 nitrogen and oxygen atoms in total. The zero-order valence-electron chi connectivity index (χ0n) is 9.82. The Labute approximate surface area is 101 Å². The van der Waals surface area contributed by atoms with Crippen LogP contribution < -0.4 is 10.5 Å². The Balaban J connectivity index is 1.74. The third kappa shape index (κ3) is 3.33. The smallest absolute Gasteiger partial charge is 0.177 e. The highest BCUT2D eigenvalue weighted by molar-refractivity contribution is 5.52. The van der Waals surface area contributed by atoms with Crippen LogP contribution in [-0.4, -0.2) is 19.3 Å². The molecule has 0 aliphatic carbocycles. The van der Waals surface area contributed by atoms with Gasteiger partial charge in [-0.2, -0.15) is 0 Å². The third-order valence-electron chi connectivity index (χ3n) is 2.94. The van der Waals surface area contributed by atoms with Crippen molar-refractivity contribution in [2.75, 3.05) is 18.9 Å². The van der Waals surface area contributed by atoms with Crippen molar-refractivity contribution in [1.82, 2.24) is 0 Å². The van der Waals surface area contributed by atoms with E-state index < -0.39 is 5.82 Å². The largest absolute Gasteiger partial charge is 0.488 e. The summed E-state index contributed by atoms with van der Waals surface area (Å²) >= 11 is 0. The molecule has 1 unspecified atom stereocenters. The van der Waals surface area contributed by atoms with E-state index in [9.17, 15) is 4.39 Å². The molecule has 0 spiro atoms. The molecule has 4 heteroatoms. The molecule has 1 aromatic rings. The number of rotatable bonds is 5. The second-order valence-electron chi connectivity index (χ2n) is 4.28. The van der Waals surface area contributed by atoms with Gasteiger partial charge in [0.15, 0.2) is 11.6 Å². The first-order valence-corrected chi connectivity index (χ1v) is 6.06. The van der Waals surface area contributed by atoms with Gasteiger partial charge in [0.1, 0.15) is 0 Å². The Morgan fingerprint density at radius 3 is 3.06 bits per heavy atom. The van der Waals surface area contributed by atoms with Crippen LogP contribution >= 0.6 is 0 Å². The molecule has 1 aliphatic heterocycles. The van der Waals surface area contributed by atoms with E-state index in [1.807, 2.05) is 0 Å². The van der Waals surface area contributed by atoms with Gasteiger partial charge in [0, 0.05) is 6.61 Å². The van der Waals surface area contributed by atoms with Gasteiger partial charge >= 0.3 is 0 Å². The molecular weight excluding hydrogens is 221 g/mol. The summed E-state index contributed by atoms with van der Waals surface area (Å²) in [5.41, 5.74) is 5.99. The average Bonchev–Trinajstić information content (AvgIpc) is 2.80. The minimum Gasteiger partial charge on any atom is -0.488 e. The van der Waals surface area contributed by atoms with E-state index >= 15 is 0 Å². The number of para-hydroxylation sites is 1. The first-order valence-electron chi connectivity index (χ1n) is 6.06. The topological polar surface area (TPSA) is 44.5 Å². The highest BCUT2D eigenvalue weighted by Crippen LogP contribution is 2.25. The molecule has 0 radical (unpaired) electrons. The molecule has 94 valence electrons. The Hall–Kier alpha value is -1.29. The fraction of sp³-hybridized carbons (Fsp3) is 0.538. The van der Waals surface area contributed by atoms with E-state index in [-0.39, 0.29) is 5.75 Å². The minimum atomic E-state index is -0.401. The summed E-state index contributed by atoms with van der Waals surface area (Å²) in [6, 6.07) is 4.56. The van der Waals surface area contributed by atoms with E-state index in [0.717, 1.165) is 32.3 Å². The van der Waals surface area contributed by atoms with Crippen LogP contribution in [0.3, 0.4) is 0 Å². The Morgan fingerprint density at radius 1 is 1.47 bits per heavy atom. The number of halogens is 1. The van der Waals surface area contributed by atoms with Gasteiger partial charge < -0.3 is 15.2 Å². The second kappa shape index (κ2) is 5.87. The van der Waals surface area contributed by atoms with Crippen LogP contribution in [0, 0.1) is 5.82 Å². The lowest BCUT2D eigenvalue weighted by Gasteiger charge is -2.11. The minimum absolute atomic E-state index is 0.167. The van der Waals surface area contributed by atoms with Gasteiger partial charge in [-0.15, -0.1) is 0 Å². The summed E-state index contributed by atoms with van der Waals surface area (Å²) in [5.74, 6) is -0.234. The number of benzene rings is 1. The Kier molecular flexibility index (Phi) is 4.20. The van der Waals surface area contributed by atoms with Gasteiger partial charge in [0.2, 0.25) is 0 Å². The first-order chi connectivity index (χ1) is 8.27. The maximum atomic E-state index is 13.3. The van der Waals surface area contributed by atoms with Crippen molar-refractivity contribution in [3.63, 3.8) is 0 Å². The molecule has 17 heavy (non-hydrogen) atoms. The average molecular weight is 239 g/mol. The quantitative estimate of drug-likeness (QED) is 0.634. The molecule has 1 fully saturated rings. The summed E-state index contributed by atoms with van der Waals surface area (Å²) in [5, 5.41) is 0. The van der Waals surface area contributed by atoms with Crippen molar-refractivity contribution >= 4 is 5.69 Å². The molecule has 2 N–H and O–H groups in total. The normalized spacial score (nSPS) is 19.5. The number of hydrogen-bond acceptors (Lipinski definition) is 3. The highest BCUT2D eigenvalue weighted by Gasteiger charge is 2.15. The number of hydrogen-bond donors (Lipinski definition) is 1. The molecule has 0 bridgehead atoms. The van der Waals surface area contributed by atoms with Crippen molar-refractivity contribution in [2.45, 2.75) is 31.8 Å². The van der Waals surface area contributed by atoms with Gasteiger partial charge in [-0.25, -0.2) is 4.39 Å². The fourth-order valence-corrected chi connectivity index (χ4v) is 2.04. The van der Waals surface area contributed by atoms with Crippen LogP contribution in [0.2, 0.25) is 0 Å². The number of anilines is 1. The van der Waals surface area contributed by atoms with Crippen molar-refractivity contribution in [2.24, 2.45) is 0 Å². The summed E-state index contributed by atoms with van der Waals surface area (Å²) in [4.78, 5) is 0. The molecule has 1 atom stereocenters. The maximum Gasteiger partial charge on any atom is 0.177 e. The van der Waals surface area contributed by atoms with Crippen LogP contribution in [0.5, 0.6) is 5.75 Å². The molecule has 2 rings (SSSR count). The standard InChI is InChI=1S/C13H18FNO2/c14-11-6-1-7-12(15)13(11)17-9-3-5-10-4-2-8-16-10/h1,6-7,10H,2-5,8-9,15H2. The van der Waals surface area contributed by atoms with Crippen molar-refractivity contribution in [3.05, 3.63) is 24.0 Å². The molecular formula is C13H18FNO2. The van der Waals surface area contributed by atoms with Gasteiger partial charge in [-0.3, -0.25) is 0 Å². The molecule has 1 saturated heterocycles. The van der Waals surface area contributed by atoms with Crippen molar-refractivity contribution in [1.29, 1.82) is 0 Å². The van der Waals surface area contributed by atoms with Gasteiger partial charge in [-0.1, -0.05) is 6.07 Å². The van der Waals surface area contributed by atoms with E-state index in [1.165, 1.54) is 6.07 Å².